The van der Waals surface area contributed by atoms with Crippen LogP contribution in [0.5, 0.6) is 0 Å². The summed E-state index contributed by atoms with van der Waals surface area (Å²) >= 11 is 0. The summed E-state index contributed by atoms with van der Waals surface area (Å²) in [6, 6.07) is 0.776. The molecule has 0 unspecified atom stereocenters. The lowest BCUT2D eigenvalue weighted by atomic mass is 10.1. The first-order valence-corrected chi connectivity index (χ1v) is 3.24. The Morgan fingerprint density at radius 3 is 2.50 bits per heavy atom. The monoisotopic (exact) mass is 176 g/mol. The predicted molar refractivity (Wildman–Crippen MR) is 37.2 cm³/mol. The van der Waals surface area contributed by atoms with Crippen LogP contribution >= 0.6 is 0 Å². The maximum atomic E-state index is 12.0. The summed E-state index contributed by atoms with van der Waals surface area (Å²) in [6.45, 7) is 0. The summed E-state index contributed by atoms with van der Waals surface area (Å²) in [4.78, 5) is 3.54. The molecule has 66 valence electrons. The summed E-state index contributed by atoms with van der Waals surface area (Å²) in [5, 5.41) is 0. The van der Waals surface area contributed by atoms with Crippen LogP contribution in [0.3, 0.4) is 0 Å². The minimum atomic E-state index is -4.40. The molecular weight excluding hydrogens is 169 g/mol. The first kappa shape index (κ1) is 8.99. The molecule has 1 rings (SSSR count). The SMILES string of the molecule is N[C@H](c1cccnc1)C(F)(F)F. The van der Waals surface area contributed by atoms with Crippen molar-refractivity contribution in [1.82, 2.24) is 4.98 Å². The summed E-state index contributed by atoms with van der Waals surface area (Å²) < 4.78 is 35.9. The molecule has 0 saturated heterocycles. The van der Waals surface area contributed by atoms with Crippen LogP contribution in [-0.4, -0.2) is 11.2 Å². The van der Waals surface area contributed by atoms with Gasteiger partial charge in [0, 0.05) is 12.4 Å². The Morgan fingerprint density at radius 2 is 2.08 bits per heavy atom. The van der Waals surface area contributed by atoms with Crippen molar-refractivity contribution in [2.45, 2.75) is 12.2 Å². The van der Waals surface area contributed by atoms with E-state index in [9.17, 15) is 13.2 Å². The van der Waals surface area contributed by atoms with Gasteiger partial charge >= 0.3 is 6.18 Å². The molecule has 0 aliphatic rings. The molecule has 0 bridgehead atoms. The average molecular weight is 176 g/mol. The standard InChI is InChI=1S/C7H7F3N2/c8-7(9,10)6(11)5-2-1-3-12-4-5/h1-4,6H,11H2/t6-/m1/s1. The van der Waals surface area contributed by atoms with E-state index in [1.54, 1.807) is 0 Å². The Hall–Kier alpha value is -1.10. The summed E-state index contributed by atoms with van der Waals surface area (Å²) in [7, 11) is 0. The molecule has 0 amide bonds. The molecule has 0 spiro atoms. The highest BCUT2D eigenvalue weighted by molar-refractivity contribution is 5.14. The summed E-state index contributed by atoms with van der Waals surface area (Å²) in [6.07, 6.45) is -1.90. The minimum Gasteiger partial charge on any atom is -0.316 e. The Balaban J connectivity index is 2.86. The van der Waals surface area contributed by atoms with Crippen molar-refractivity contribution in [3.8, 4) is 0 Å². The van der Waals surface area contributed by atoms with Crippen molar-refractivity contribution in [3.05, 3.63) is 30.1 Å². The number of hydrogen-bond acceptors (Lipinski definition) is 2. The second-order valence-corrected chi connectivity index (χ2v) is 2.31. The molecule has 0 aliphatic carbocycles. The largest absolute Gasteiger partial charge is 0.407 e. The molecule has 1 aromatic rings. The fourth-order valence-electron chi connectivity index (χ4n) is 0.749. The van der Waals surface area contributed by atoms with Crippen LogP contribution < -0.4 is 5.73 Å². The van der Waals surface area contributed by atoms with Crippen LogP contribution in [0.1, 0.15) is 11.6 Å². The van der Waals surface area contributed by atoms with E-state index < -0.39 is 12.2 Å². The topological polar surface area (TPSA) is 38.9 Å². The average Bonchev–Trinajstić information content (AvgIpc) is 2.03. The van der Waals surface area contributed by atoms with Gasteiger partial charge in [0.1, 0.15) is 6.04 Å². The van der Waals surface area contributed by atoms with E-state index in [1.807, 2.05) is 0 Å². The lowest BCUT2D eigenvalue weighted by molar-refractivity contribution is -0.149. The Kier molecular flexibility index (Phi) is 2.32. The number of nitrogens with zero attached hydrogens (tertiary/aromatic N) is 1. The number of rotatable bonds is 1. The normalized spacial score (nSPS) is 14.3. The minimum absolute atomic E-state index is 0.0231. The van der Waals surface area contributed by atoms with Crippen molar-refractivity contribution in [1.29, 1.82) is 0 Å². The number of aromatic nitrogens is 1. The molecular formula is C7H7F3N2. The van der Waals surface area contributed by atoms with Crippen LogP contribution in [0.15, 0.2) is 24.5 Å². The highest BCUT2D eigenvalue weighted by Gasteiger charge is 2.37. The predicted octanol–water partition coefficient (Wildman–Crippen LogP) is 1.64. The number of nitrogens with two attached hydrogens (primary N) is 1. The first-order valence-electron chi connectivity index (χ1n) is 3.24. The van der Waals surface area contributed by atoms with Gasteiger partial charge in [-0.15, -0.1) is 0 Å². The Morgan fingerprint density at radius 1 is 1.42 bits per heavy atom. The van der Waals surface area contributed by atoms with Crippen LogP contribution in [0.4, 0.5) is 13.2 Å². The van der Waals surface area contributed by atoms with E-state index in [-0.39, 0.29) is 5.56 Å². The lowest BCUT2D eigenvalue weighted by Gasteiger charge is -2.14. The number of pyridine rings is 1. The maximum absolute atomic E-state index is 12.0. The second kappa shape index (κ2) is 3.10. The molecule has 2 N–H and O–H groups in total. The van der Waals surface area contributed by atoms with Crippen molar-refractivity contribution in [2.24, 2.45) is 5.73 Å². The summed E-state index contributed by atoms with van der Waals surface area (Å²) in [5.41, 5.74) is 4.88. The van der Waals surface area contributed by atoms with E-state index in [2.05, 4.69) is 4.98 Å². The van der Waals surface area contributed by atoms with E-state index in [1.165, 1.54) is 18.3 Å². The number of halogens is 3. The molecule has 1 aromatic heterocycles. The molecule has 0 aromatic carbocycles. The molecule has 0 fully saturated rings. The third kappa shape index (κ3) is 1.94. The van der Waals surface area contributed by atoms with Crippen LogP contribution in [0, 0.1) is 0 Å². The molecule has 2 nitrogen and oxygen atoms in total. The second-order valence-electron chi connectivity index (χ2n) is 2.31. The van der Waals surface area contributed by atoms with Gasteiger partial charge in [0.25, 0.3) is 0 Å². The van der Waals surface area contributed by atoms with Crippen molar-refractivity contribution >= 4 is 0 Å². The Bertz CT molecular complexity index is 245. The smallest absolute Gasteiger partial charge is 0.316 e. The van der Waals surface area contributed by atoms with Gasteiger partial charge in [-0.1, -0.05) is 6.07 Å². The zero-order chi connectivity index (χ0) is 9.19. The molecule has 5 heteroatoms. The number of hydrogen-bond donors (Lipinski definition) is 1. The zero-order valence-electron chi connectivity index (χ0n) is 6.05. The molecule has 0 saturated carbocycles. The molecule has 12 heavy (non-hydrogen) atoms. The quantitative estimate of drug-likeness (QED) is 0.706. The van der Waals surface area contributed by atoms with E-state index in [0.29, 0.717) is 0 Å². The van der Waals surface area contributed by atoms with Crippen LogP contribution in [0.2, 0.25) is 0 Å². The van der Waals surface area contributed by atoms with Gasteiger partial charge in [0.2, 0.25) is 0 Å². The van der Waals surface area contributed by atoms with E-state index in [0.717, 1.165) is 6.20 Å². The fourth-order valence-corrected chi connectivity index (χ4v) is 0.749. The first-order chi connectivity index (χ1) is 5.52. The highest BCUT2D eigenvalue weighted by atomic mass is 19.4. The van der Waals surface area contributed by atoms with Gasteiger partial charge in [-0.3, -0.25) is 4.98 Å². The van der Waals surface area contributed by atoms with Gasteiger partial charge in [0.05, 0.1) is 0 Å². The fraction of sp³-hybridized carbons (Fsp3) is 0.286. The summed E-state index contributed by atoms with van der Waals surface area (Å²) in [5.74, 6) is 0. The third-order valence-corrected chi connectivity index (χ3v) is 1.40. The van der Waals surface area contributed by atoms with Gasteiger partial charge in [0.15, 0.2) is 0 Å². The molecule has 0 radical (unpaired) electrons. The Labute approximate surface area is 67.2 Å². The van der Waals surface area contributed by atoms with Gasteiger partial charge in [-0.25, -0.2) is 0 Å². The molecule has 1 heterocycles. The van der Waals surface area contributed by atoms with Crippen molar-refractivity contribution < 1.29 is 13.2 Å². The van der Waals surface area contributed by atoms with E-state index >= 15 is 0 Å². The third-order valence-electron chi connectivity index (χ3n) is 1.40. The highest BCUT2D eigenvalue weighted by Crippen LogP contribution is 2.29. The van der Waals surface area contributed by atoms with Crippen LogP contribution in [-0.2, 0) is 0 Å². The van der Waals surface area contributed by atoms with Crippen molar-refractivity contribution in [3.63, 3.8) is 0 Å². The van der Waals surface area contributed by atoms with Crippen molar-refractivity contribution in [2.75, 3.05) is 0 Å². The lowest BCUT2D eigenvalue weighted by Crippen LogP contribution is -2.28. The zero-order valence-corrected chi connectivity index (χ0v) is 6.05. The molecule has 1 atom stereocenters. The maximum Gasteiger partial charge on any atom is 0.407 e. The number of alkyl halides is 3. The molecule has 0 aliphatic heterocycles. The van der Waals surface area contributed by atoms with Gasteiger partial charge in [-0.2, -0.15) is 13.2 Å². The van der Waals surface area contributed by atoms with Gasteiger partial charge in [-0.05, 0) is 11.6 Å². The van der Waals surface area contributed by atoms with Gasteiger partial charge < -0.3 is 5.73 Å². The van der Waals surface area contributed by atoms with E-state index in [4.69, 9.17) is 5.73 Å². The van der Waals surface area contributed by atoms with Crippen LogP contribution in [0.25, 0.3) is 0 Å².